The predicted molar refractivity (Wildman–Crippen MR) is 119 cm³/mol. The Balaban J connectivity index is 1.83. The smallest absolute Gasteiger partial charge is 0.402 e. The fourth-order valence-electron chi connectivity index (χ4n) is 3.22. The van der Waals surface area contributed by atoms with Gasteiger partial charge in [-0.3, -0.25) is 14.2 Å². The zero-order chi connectivity index (χ0) is 22.3. The molecule has 2 aromatic rings. The number of nitrogens with one attached hydrogen (secondary N) is 1. The molecule has 0 spiro atoms. The highest BCUT2D eigenvalue weighted by molar-refractivity contribution is 7.13. The third kappa shape index (κ3) is 4.31. The predicted octanol–water partition coefficient (Wildman–Crippen LogP) is 2.33. The summed E-state index contributed by atoms with van der Waals surface area (Å²) in [6.07, 6.45) is 1.33. The molecular weight excluding hydrogens is 403 g/mol. The molecule has 0 aliphatic carbocycles. The summed E-state index contributed by atoms with van der Waals surface area (Å²) in [7, 11) is -0.591. The summed E-state index contributed by atoms with van der Waals surface area (Å²) >= 11 is 1.44. The molecule has 162 valence electrons. The van der Waals surface area contributed by atoms with Crippen LogP contribution in [0.1, 0.15) is 41.5 Å². The second kappa shape index (κ2) is 8.17. The zero-order valence-electron chi connectivity index (χ0n) is 18.3. The third-order valence-corrected chi connectivity index (χ3v) is 6.59. The molecule has 3 N–H and O–H groups in total. The lowest BCUT2D eigenvalue weighted by Gasteiger charge is -2.32. The van der Waals surface area contributed by atoms with Crippen LogP contribution < -0.4 is 16.6 Å². The van der Waals surface area contributed by atoms with Crippen LogP contribution >= 0.6 is 11.3 Å². The van der Waals surface area contributed by atoms with E-state index in [4.69, 9.17) is 15.0 Å². The third-order valence-electron chi connectivity index (χ3n) is 5.73. The molecule has 1 aliphatic rings. The van der Waals surface area contributed by atoms with Gasteiger partial charge in [-0.2, -0.15) is 0 Å². The van der Waals surface area contributed by atoms with Crippen LogP contribution in [0.2, 0.25) is 0 Å². The lowest BCUT2D eigenvalue weighted by molar-refractivity contribution is -0.122. The van der Waals surface area contributed by atoms with Crippen LogP contribution in [0.4, 0.5) is 5.69 Å². The number of carbonyl (C=O) groups is 1. The van der Waals surface area contributed by atoms with Crippen molar-refractivity contribution in [2.45, 2.75) is 65.2 Å². The van der Waals surface area contributed by atoms with E-state index in [-0.39, 0.29) is 30.0 Å². The molecule has 1 unspecified atom stereocenters. The summed E-state index contributed by atoms with van der Waals surface area (Å²) in [4.78, 5) is 30.7. The number of amides is 1. The number of carbonyl (C=O) groups excluding carboxylic acids is 1. The van der Waals surface area contributed by atoms with Crippen LogP contribution in [-0.2, 0) is 20.6 Å². The molecule has 2 aromatic heterocycles. The quantitative estimate of drug-likeness (QED) is 0.679. The highest BCUT2D eigenvalue weighted by Crippen LogP contribution is 2.38. The number of thiophene rings is 1. The maximum Gasteiger partial charge on any atom is 0.482 e. The van der Waals surface area contributed by atoms with E-state index < -0.39 is 23.9 Å². The Bertz CT molecular complexity index is 956. The van der Waals surface area contributed by atoms with E-state index in [9.17, 15) is 9.59 Å². The Labute approximate surface area is 180 Å². The molecule has 0 radical (unpaired) electrons. The van der Waals surface area contributed by atoms with Crippen molar-refractivity contribution in [3.63, 3.8) is 0 Å². The Hall–Kier alpha value is -2.17. The molecule has 1 atom stereocenters. The average Bonchev–Trinajstić information content (AvgIpc) is 3.23. The molecule has 3 rings (SSSR count). The van der Waals surface area contributed by atoms with E-state index in [1.807, 2.05) is 59.1 Å². The fraction of sp³-hybridized carbons (Fsp3) is 0.550. The second-order valence-electron chi connectivity index (χ2n) is 8.87. The molecule has 8 nitrogen and oxygen atoms in total. The van der Waals surface area contributed by atoms with E-state index in [1.165, 1.54) is 22.1 Å². The first kappa shape index (κ1) is 22.5. The van der Waals surface area contributed by atoms with Crippen LogP contribution in [0, 0.1) is 5.92 Å². The van der Waals surface area contributed by atoms with Crippen LogP contribution in [0.15, 0.2) is 28.5 Å². The zero-order valence-corrected chi connectivity index (χ0v) is 19.1. The van der Waals surface area contributed by atoms with Crippen molar-refractivity contribution in [1.82, 2.24) is 14.9 Å². The van der Waals surface area contributed by atoms with E-state index in [0.29, 0.717) is 5.82 Å². The number of rotatable bonds is 6. The SMILES string of the molecule is CC(C)C(NC(=O)Cn1c(-c2cccs2)ncc(N)c1=O)B1OC(C)(C)C(C)(C)O1. The summed E-state index contributed by atoms with van der Waals surface area (Å²) in [5.74, 6) is -0.253. The maximum absolute atomic E-state index is 12.9. The number of nitrogens with two attached hydrogens (primary N) is 1. The number of anilines is 1. The standard InChI is InChI=1S/C20H29BN4O4S/c1-12(2)16(21-28-19(3,4)20(5,6)29-21)24-15(26)11-25-17(14-8-7-9-30-14)23-10-13(22)18(25)27/h7-10,12,16H,11,22H2,1-6H3,(H,24,26). The Morgan fingerprint density at radius 2 is 1.93 bits per heavy atom. The number of aromatic nitrogens is 2. The molecule has 1 fully saturated rings. The van der Waals surface area contributed by atoms with Gasteiger partial charge in [0.25, 0.3) is 5.56 Å². The number of nitrogens with zero attached hydrogens (tertiary/aromatic N) is 2. The van der Waals surface area contributed by atoms with Gasteiger partial charge < -0.3 is 20.4 Å². The lowest BCUT2D eigenvalue weighted by Crippen LogP contribution is -2.52. The molecule has 1 amide bonds. The molecule has 0 aromatic carbocycles. The topological polar surface area (TPSA) is 108 Å². The Morgan fingerprint density at radius 1 is 1.30 bits per heavy atom. The first-order valence-corrected chi connectivity index (χ1v) is 10.8. The molecule has 1 saturated heterocycles. The summed E-state index contributed by atoms with van der Waals surface area (Å²) in [6.45, 7) is 11.7. The van der Waals surface area contributed by atoms with Gasteiger partial charge in [-0.1, -0.05) is 19.9 Å². The number of nitrogen functional groups attached to an aromatic ring is 1. The summed E-state index contributed by atoms with van der Waals surface area (Å²) in [5, 5.41) is 4.87. The molecular formula is C20H29BN4O4S. The van der Waals surface area contributed by atoms with Gasteiger partial charge in [-0.25, -0.2) is 4.98 Å². The Kier molecular flexibility index (Phi) is 6.13. The number of hydrogen-bond acceptors (Lipinski definition) is 7. The van der Waals surface area contributed by atoms with Crippen molar-refractivity contribution in [2.75, 3.05) is 5.73 Å². The van der Waals surface area contributed by atoms with Crippen molar-refractivity contribution >= 4 is 30.0 Å². The summed E-state index contributed by atoms with van der Waals surface area (Å²) < 4.78 is 13.6. The minimum atomic E-state index is -0.591. The fourth-order valence-corrected chi connectivity index (χ4v) is 3.95. The largest absolute Gasteiger partial charge is 0.482 e. The van der Waals surface area contributed by atoms with Crippen LogP contribution in [-0.4, -0.2) is 39.7 Å². The van der Waals surface area contributed by atoms with E-state index in [2.05, 4.69) is 10.3 Å². The number of hydrogen-bond donors (Lipinski definition) is 2. The van der Waals surface area contributed by atoms with Crippen molar-refractivity contribution in [2.24, 2.45) is 5.92 Å². The highest BCUT2D eigenvalue weighted by Gasteiger charge is 2.54. The van der Waals surface area contributed by atoms with Gasteiger partial charge in [-0.05, 0) is 45.1 Å². The van der Waals surface area contributed by atoms with Gasteiger partial charge >= 0.3 is 7.12 Å². The summed E-state index contributed by atoms with van der Waals surface area (Å²) in [6, 6.07) is 3.71. The highest BCUT2D eigenvalue weighted by atomic mass is 32.1. The van der Waals surface area contributed by atoms with Crippen molar-refractivity contribution in [3.8, 4) is 10.7 Å². The molecule has 3 heterocycles. The van der Waals surface area contributed by atoms with E-state index >= 15 is 0 Å². The minimum Gasteiger partial charge on any atom is -0.402 e. The van der Waals surface area contributed by atoms with Crippen LogP contribution in [0.3, 0.4) is 0 Å². The van der Waals surface area contributed by atoms with Gasteiger partial charge in [0, 0.05) is 0 Å². The average molecular weight is 432 g/mol. The molecule has 1 aliphatic heterocycles. The molecule has 0 saturated carbocycles. The van der Waals surface area contributed by atoms with Gasteiger partial charge in [0.2, 0.25) is 5.91 Å². The Morgan fingerprint density at radius 3 is 2.47 bits per heavy atom. The monoisotopic (exact) mass is 432 g/mol. The van der Waals surface area contributed by atoms with Gasteiger partial charge in [0.1, 0.15) is 12.2 Å². The van der Waals surface area contributed by atoms with E-state index in [1.54, 1.807) is 0 Å². The second-order valence-corrected chi connectivity index (χ2v) is 9.82. The van der Waals surface area contributed by atoms with Crippen LogP contribution in [0.25, 0.3) is 10.7 Å². The first-order chi connectivity index (χ1) is 13.9. The normalized spacial score (nSPS) is 18.6. The van der Waals surface area contributed by atoms with Crippen molar-refractivity contribution in [3.05, 3.63) is 34.1 Å². The first-order valence-electron chi connectivity index (χ1n) is 9.97. The molecule has 10 heteroatoms. The minimum absolute atomic E-state index is 0.00512. The summed E-state index contributed by atoms with van der Waals surface area (Å²) in [5.41, 5.74) is 4.31. The van der Waals surface area contributed by atoms with Gasteiger partial charge in [0.15, 0.2) is 5.82 Å². The van der Waals surface area contributed by atoms with E-state index in [0.717, 1.165) is 4.88 Å². The van der Waals surface area contributed by atoms with Crippen molar-refractivity contribution in [1.29, 1.82) is 0 Å². The molecule has 0 bridgehead atoms. The van der Waals surface area contributed by atoms with Gasteiger partial charge in [0.05, 0.1) is 28.2 Å². The van der Waals surface area contributed by atoms with Crippen LogP contribution in [0.5, 0.6) is 0 Å². The van der Waals surface area contributed by atoms with Gasteiger partial charge in [-0.15, -0.1) is 11.3 Å². The molecule has 30 heavy (non-hydrogen) atoms. The lowest BCUT2D eigenvalue weighted by atomic mass is 9.72. The van der Waals surface area contributed by atoms with Crippen molar-refractivity contribution < 1.29 is 14.1 Å². The maximum atomic E-state index is 12.9.